The number of carbonyl (C=O) groups excluding carboxylic acids is 1. The Morgan fingerprint density at radius 3 is 2.94 bits per heavy atom. The number of fused-ring (bicyclic) bond motifs is 1. The van der Waals surface area contributed by atoms with Crippen molar-refractivity contribution in [2.24, 2.45) is 5.92 Å². The van der Waals surface area contributed by atoms with Crippen molar-refractivity contribution in [2.45, 2.75) is 38.8 Å². The zero-order valence-corrected chi connectivity index (χ0v) is 10.7. The molecule has 1 amide bonds. The van der Waals surface area contributed by atoms with E-state index in [2.05, 4.69) is 22.8 Å². The van der Waals surface area contributed by atoms with Crippen LogP contribution in [0, 0.1) is 5.92 Å². The third-order valence-electron chi connectivity index (χ3n) is 4.10. The third-order valence-corrected chi connectivity index (χ3v) is 4.10. The molecule has 1 heterocycles. The average Bonchev–Trinajstić information content (AvgIpc) is 3.01. The van der Waals surface area contributed by atoms with E-state index in [4.69, 9.17) is 0 Å². The van der Waals surface area contributed by atoms with E-state index in [1.807, 2.05) is 6.07 Å². The lowest BCUT2D eigenvalue weighted by Gasteiger charge is -2.10. The van der Waals surface area contributed by atoms with Crippen LogP contribution >= 0.6 is 0 Å². The van der Waals surface area contributed by atoms with E-state index >= 15 is 0 Å². The summed E-state index contributed by atoms with van der Waals surface area (Å²) in [7, 11) is 0. The highest BCUT2D eigenvalue weighted by Gasteiger charge is 2.18. The molecular formula is C15H20N2O. The van der Waals surface area contributed by atoms with Gasteiger partial charge < -0.3 is 10.6 Å². The first kappa shape index (κ1) is 11.7. The lowest BCUT2D eigenvalue weighted by atomic mass is 10.1. The molecule has 1 saturated carbocycles. The minimum absolute atomic E-state index is 0.0719. The summed E-state index contributed by atoms with van der Waals surface area (Å²) >= 11 is 0. The van der Waals surface area contributed by atoms with Crippen LogP contribution in [0.3, 0.4) is 0 Å². The Labute approximate surface area is 108 Å². The van der Waals surface area contributed by atoms with Gasteiger partial charge >= 0.3 is 0 Å². The fourth-order valence-electron chi connectivity index (χ4n) is 3.00. The van der Waals surface area contributed by atoms with Crippen LogP contribution in [0.25, 0.3) is 0 Å². The Kier molecular flexibility index (Phi) is 3.33. The largest absolute Gasteiger partial charge is 0.348 e. The van der Waals surface area contributed by atoms with Crippen molar-refractivity contribution in [2.75, 3.05) is 6.54 Å². The molecule has 0 radical (unpaired) electrons. The van der Waals surface area contributed by atoms with E-state index in [0.717, 1.165) is 30.1 Å². The van der Waals surface area contributed by atoms with E-state index in [1.165, 1.54) is 31.2 Å². The van der Waals surface area contributed by atoms with Crippen LogP contribution in [0.2, 0.25) is 0 Å². The number of amides is 1. The van der Waals surface area contributed by atoms with Crippen LogP contribution in [-0.4, -0.2) is 12.5 Å². The summed E-state index contributed by atoms with van der Waals surface area (Å²) in [6.45, 7) is 2.67. The minimum Gasteiger partial charge on any atom is -0.348 e. The normalized spacial score (nSPS) is 19.0. The molecule has 2 aliphatic rings. The molecule has 0 unspecified atom stereocenters. The summed E-state index contributed by atoms with van der Waals surface area (Å²) in [6.07, 6.45) is 5.54. The Bertz CT molecular complexity index is 450. The summed E-state index contributed by atoms with van der Waals surface area (Å²) in [4.78, 5) is 11.6. The van der Waals surface area contributed by atoms with Gasteiger partial charge in [0.05, 0.1) is 0 Å². The van der Waals surface area contributed by atoms with Crippen LogP contribution < -0.4 is 10.6 Å². The molecule has 0 aromatic heterocycles. The van der Waals surface area contributed by atoms with Gasteiger partial charge in [-0.1, -0.05) is 25.0 Å². The van der Waals surface area contributed by atoms with E-state index in [0.29, 0.717) is 6.54 Å². The highest BCUT2D eigenvalue weighted by Crippen LogP contribution is 2.24. The first-order chi connectivity index (χ1) is 8.83. The van der Waals surface area contributed by atoms with E-state index in [1.54, 1.807) is 0 Å². The second-order valence-corrected chi connectivity index (χ2v) is 5.46. The van der Waals surface area contributed by atoms with E-state index in [9.17, 15) is 4.79 Å². The molecule has 0 spiro atoms. The molecule has 1 aromatic carbocycles. The van der Waals surface area contributed by atoms with Crippen molar-refractivity contribution in [3.05, 3.63) is 34.9 Å². The monoisotopic (exact) mass is 244 g/mol. The number of carbonyl (C=O) groups is 1. The van der Waals surface area contributed by atoms with Crippen LogP contribution in [0.5, 0.6) is 0 Å². The van der Waals surface area contributed by atoms with E-state index < -0.39 is 0 Å². The molecule has 1 aromatic rings. The smallest absolute Gasteiger partial charge is 0.251 e. The SMILES string of the molecule is O=C1NCc2ccc(CNCC3CCCC3)cc21. The van der Waals surface area contributed by atoms with Crippen LogP contribution in [0.1, 0.15) is 47.2 Å². The zero-order valence-electron chi connectivity index (χ0n) is 10.7. The number of rotatable bonds is 4. The second-order valence-electron chi connectivity index (χ2n) is 5.46. The van der Waals surface area contributed by atoms with Gasteiger partial charge in [0.25, 0.3) is 5.91 Å². The van der Waals surface area contributed by atoms with Gasteiger partial charge in [-0.2, -0.15) is 0 Å². The summed E-state index contributed by atoms with van der Waals surface area (Å²) in [5, 5.41) is 6.37. The van der Waals surface area contributed by atoms with Gasteiger partial charge in [-0.25, -0.2) is 0 Å². The predicted octanol–water partition coefficient (Wildman–Crippen LogP) is 2.21. The Morgan fingerprint density at radius 1 is 1.28 bits per heavy atom. The van der Waals surface area contributed by atoms with Gasteiger partial charge in [0, 0.05) is 18.7 Å². The molecule has 0 saturated heterocycles. The van der Waals surface area contributed by atoms with Gasteiger partial charge in [-0.3, -0.25) is 4.79 Å². The van der Waals surface area contributed by atoms with Gasteiger partial charge in [-0.15, -0.1) is 0 Å². The standard InChI is InChI=1S/C15H20N2O/c18-15-14-7-12(5-6-13(14)10-17-15)9-16-8-11-3-1-2-4-11/h5-7,11,16H,1-4,8-10H2,(H,17,18). The zero-order chi connectivity index (χ0) is 12.4. The van der Waals surface area contributed by atoms with Crippen molar-refractivity contribution in [1.82, 2.24) is 10.6 Å². The Hall–Kier alpha value is -1.35. The molecule has 2 N–H and O–H groups in total. The van der Waals surface area contributed by atoms with Gasteiger partial charge in [-0.05, 0) is 42.5 Å². The van der Waals surface area contributed by atoms with Crippen LogP contribution in [0.15, 0.2) is 18.2 Å². The van der Waals surface area contributed by atoms with Crippen molar-refractivity contribution >= 4 is 5.91 Å². The van der Waals surface area contributed by atoms with Crippen LogP contribution in [0.4, 0.5) is 0 Å². The van der Waals surface area contributed by atoms with Crippen molar-refractivity contribution in [3.63, 3.8) is 0 Å². The maximum absolute atomic E-state index is 11.6. The second kappa shape index (κ2) is 5.11. The van der Waals surface area contributed by atoms with E-state index in [-0.39, 0.29) is 5.91 Å². The van der Waals surface area contributed by atoms with Crippen molar-refractivity contribution < 1.29 is 4.79 Å². The molecule has 3 heteroatoms. The fourth-order valence-corrected chi connectivity index (χ4v) is 3.00. The number of hydrogen-bond donors (Lipinski definition) is 2. The molecule has 3 rings (SSSR count). The topological polar surface area (TPSA) is 41.1 Å². The fraction of sp³-hybridized carbons (Fsp3) is 0.533. The van der Waals surface area contributed by atoms with Crippen LogP contribution in [-0.2, 0) is 13.1 Å². The summed E-state index contributed by atoms with van der Waals surface area (Å²) in [5.74, 6) is 0.936. The molecule has 1 aliphatic carbocycles. The quantitative estimate of drug-likeness (QED) is 0.852. The molecule has 0 atom stereocenters. The lowest BCUT2D eigenvalue weighted by Crippen LogP contribution is -2.20. The highest BCUT2D eigenvalue weighted by atomic mass is 16.1. The first-order valence-electron chi connectivity index (χ1n) is 6.93. The highest BCUT2D eigenvalue weighted by molar-refractivity contribution is 5.98. The number of hydrogen-bond acceptors (Lipinski definition) is 2. The van der Waals surface area contributed by atoms with Gasteiger partial charge in [0.15, 0.2) is 0 Å². The first-order valence-corrected chi connectivity index (χ1v) is 6.93. The maximum Gasteiger partial charge on any atom is 0.251 e. The maximum atomic E-state index is 11.6. The Morgan fingerprint density at radius 2 is 2.11 bits per heavy atom. The molecule has 18 heavy (non-hydrogen) atoms. The molecule has 1 fully saturated rings. The Balaban J connectivity index is 1.56. The van der Waals surface area contributed by atoms with Gasteiger partial charge in [0.1, 0.15) is 0 Å². The average molecular weight is 244 g/mol. The predicted molar refractivity (Wildman–Crippen MR) is 71.3 cm³/mol. The summed E-state index contributed by atoms with van der Waals surface area (Å²) in [6, 6.07) is 6.22. The molecule has 96 valence electrons. The molecule has 3 nitrogen and oxygen atoms in total. The summed E-state index contributed by atoms with van der Waals surface area (Å²) in [5.41, 5.74) is 3.19. The summed E-state index contributed by atoms with van der Waals surface area (Å²) < 4.78 is 0. The van der Waals surface area contributed by atoms with Gasteiger partial charge in [0.2, 0.25) is 0 Å². The molecular weight excluding hydrogens is 224 g/mol. The van der Waals surface area contributed by atoms with Crippen molar-refractivity contribution in [3.8, 4) is 0 Å². The number of benzene rings is 1. The third kappa shape index (κ3) is 2.41. The number of nitrogens with one attached hydrogen (secondary N) is 2. The lowest BCUT2D eigenvalue weighted by molar-refractivity contribution is 0.0965. The molecule has 1 aliphatic heterocycles. The minimum atomic E-state index is 0.0719. The molecule has 0 bridgehead atoms. The van der Waals surface area contributed by atoms with Crippen molar-refractivity contribution in [1.29, 1.82) is 0 Å².